The van der Waals surface area contributed by atoms with E-state index in [9.17, 15) is 4.79 Å². The SMILES string of the molecule is CC(C)(C)c1ccc(N2CC(C#N)CC2=O)cc1. The van der Waals surface area contributed by atoms with Crippen LogP contribution in [-0.4, -0.2) is 12.5 Å². The van der Waals surface area contributed by atoms with Crippen molar-refractivity contribution in [3.63, 3.8) is 0 Å². The van der Waals surface area contributed by atoms with Gasteiger partial charge in [-0.2, -0.15) is 5.26 Å². The monoisotopic (exact) mass is 242 g/mol. The van der Waals surface area contributed by atoms with Gasteiger partial charge in [-0.15, -0.1) is 0 Å². The zero-order valence-corrected chi connectivity index (χ0v) is 11.1. The summed E-state index contributed by atoms with van der Waals surface area (Å²) in [4.78, 5) is 13.5. The molecule has 1 heterocycles. The third kappa shape index (κ3) is 2.38. The number of carbonyl (C=O) groups excluding carboxylic acids is 1. The highest BCUT2D eigenvalue weighted by Gasteiger charge is 2.30. The van der Waals surface area contributed by atoms with E-state index in [1.807, 2.05) is 12.1 Å². The molecule has 94 valence electrons. The number of benzene rings is 1. The average Bonchev–Trinajstić information content (AvgIpc) is 2.70. The molecule has 0 radical (unpaired) electrons. The Morgan fingerprint density at radius 1 is 1.28 bits per heavy atom. The Bertz CT molecular complexity index is 491. The number of nitrogens with zero attached hydrogens (tertiary/aromatic N) is 2. The second-order valence-electron chi connectivity index (χ2n) is 5.83. The quantitative estimate of drug-likeness (QED) is 0.760. The number of hydrogen-bond donors (Lipinski definition) is 0. The number of hydrogen-bond acceptors (Lipinski definition) is 2. The molecule has 0 spiro atoms. The van der Waals surface area contributed by atoms with Gasteiger partial charge in [0, 0.05) is 18.7 Å². The summed E-state index contributed by atoms with van der Waals surface area (Å²) < 4.78 is 0. The van der Waals surface area contributed by atoms with Gasteiger partial charge in [0.1, 0.15) is 0 Å². The molecule has 1 fully saturated rings. The van der Waals surface area contributed by atoms with Crippen molar-refractivity contribution in [3.8, 4) is 6.07 Å². The molecule has 1 aromatic rings. The third-order valence-corrected chi connectivity index (χ3v) is 3.35. The molecule has 1 aromatic carbocycles. The smallest absolute Gasteiger partial charge is 0.228 e. The van der Waals surface area contributed by atoms with E-state index in [0.29, 0.717) is 13.0 Å². The zero-order chi connectivity index (χ0) is 13.3. The molecule has 1 amide bonds. The van der Waals surface area contributed by atoms with Gasteiger partial charge in [-0.1, -0.05) is 32.9 Å². The number of rotatable bonds is 1. The first-order valence-corrected chi connectivity index (χ1v) is 6.22. The standard InChI is InChI=1S/C15H18N2O/c1-15(2,3)12-4-6-13(7-5-12)17-10-11(9-16)8-14(17)18/h4-7,11H,8,10H2,1-3H3. The van der Waals surface area contributed by atoms with Crippen LogP contribution >= 0.6 is 0 Å². The summed E-state index contributed by atoms with van der Waals surface area (Å²) in [5.41, 5.74) is 2.25. The normalized spacial score (nSPS) is 20.0. The lowest BCUT2D eigenvalue weighted by Gasteiger charge is -2.21. The van der Waals surface area contributed by atoms with Crippen LogP contribution in [0.3, 0.4) is 0 Å². The Morgan fingerprint density at radius 3 is 2.33 bits per heavy atom. The van der Waals surface area contributed by atoms with Gasteiger partial charge in [0.25, 0.3) is 0 Å². The first-order chi connectivity index (χ1) is 8.41. The molecule has 1 aliphatic heterocycles. The van der Waals surface area contributed by atoms with Gasteiger partial charge < -0.3 is 4.90 Å². The zero-order valence-electron chi connectivity index (χ0n) is 11.1. The van der Waals surface area contributed by atoms with Crippen molar-refractivity contribution in [2.45, 2.75) is 32.6 Å². The van der Waals surface area contributed by atoms with Gasteiger partial charge in [-0.3, -0.25) is 4.79 Å². The predicted molar refractivity (Wildman–Crippen MR) is 71.2 cm³/mol. The van der Waals surface area contributed by atoms with Crippen molar-refractivity contribution in [3.05, 3.63) is 29.8 Å². The maximum Gasteiger partial charge on any atom is 0.228 e. The molecule has 1 saturated heterocycles. The van der Waals surface area contributed by atoms with E-state index in [2.05, 4.69) is 39.0 Å². The number of nitriles is 1. The Hall–Kier alpha value is -1.82. The number of anilines is 1. The Labute approximate surface area is 108 Å². The molecule has 1 unspecified atom stereocenters. The second kappa shape index (κ2) is 4.45. The largest absolute Gasteiger partial charge is 0.311 e. The van der Waals surface area contributed by atoms with Crippen molar-refractivity contribution in [1.82, 2.24) is 0 Å². The third-order valence-electron chi connectivity index (χ3n) is 3.35. The molecule has 0 bridgehead atoms. The number of amides is 1. The van der Waals surface area contributed by atoms with Crippen molar-refractivity contribution >= 4 is 11.6 Å². The lowest BCUT2D eigenvalue weighted by molar-refractivity contribution is -0.117. The molecule has 0 aromatic heterocycles. The number of carbonyl (C=O) groups is 1. The fourth-order valence-corrected chi connectivity index (χ4v) is 2.18. The summed E-state index contributed by atoms with van der Waals surface area (Å²) in [6.45, 7) is 7.00. The first-order valence-electron chi connectivity index (χ1n) is 6.22. The second-order valence-corrected chi connectivity index (χ2v) is 5.83. The highest BCUT2D eigenvalue weighted by molar-refractivity contribution is 5.96. The molecule has 3 nitrogen and oxygen atoms in total. The lowest BCUT2D eigenvalue weighted by Crippen LogP contribution is -2.24. The minimum absolute atomic E-state index is 0.0464. The van der Waals surface area contributed by atoms with Crippen molar-refractivity contribution in [1.29, 1.82) is 5.26 Å². The molecule has 18 heavy (non-hydrogen) atoms. The fraction of sp³-hybridized carbons (Fsp3) is 0.467. The van der Waals surface area contributed by atoms with E-state index in [0.717, 1.165) is 5.69 Å². The molecule has 0 saturated carbocycles. The van der Waals surface area contributed by atoms with E-state index in [4.69, 9.17) is 5.26 Å². The predicted octanol–water partition coefficient (Wildman–Crippen LogP) is 2.86. The summed E-state index contributed by atoms with van der Waals surface area (Å²) in [5.74, 6) is -0.121. The van der Waals surface area contributed by atoms with E-state index < -0.39 is 0 Å². The molecule has 3 heteroatoms. The van der Waals surface area contributed by atoms with Crippen molar-refractivity contribution < 1.29 is 4.79 Å². The van der Waals surface area contributed by atoms with Crippen molar-refractivity contribution in [2.24, 2.45) is 5.92 Å². The van der Waals surface area contributed by atoms with Gasteiger partial charge in [0.05, 0.1) is 12.0 Å². The Kier molecular flexibility index (Phi) is 3.13. The van der Waals surface area contributed by atoms with E-state index in [1.165, 1.54) is 5.56 Å². The summed E-state index contributed by atoms with van der Waals surface area (Å²) in [6, 6.07) is 10.2. The molecule has 1 aliphatic rings. The minimum atomic E-state index is -0.167. The molecular formula is C15H18N2O. The van der Waals surface area contributed by atoms with Crippen LogP contribution in [0.1, 0.15) is 32.8 Å². The summed E-state index contributed by atoms with van der Waals surface area (Å²) in [7, 11) is 0. The molecule has 0 aliphatic carbocycles. The average molecular weight is 242 g/mol. The maximum absolute atomic E-state index is 11.8. The lowest BCUT2D eigenvalue weighted by atomic mass is 9.87. The van der Waals surface area contributed by atoms with E-state index in [-0.39, 0.29) is 17.2 Å². The van der Waals surface area contributed by atoms with E-state index in [1.54, 1.807) is 4.90 Å². The first kappa shape index (κ1) is 12.6. The van der Waals surface area contributed by atoms with Crippen LogP contribution in [0.25, 0.3) is 0 Å². The molecular weight excluding hydrogens is 224 g/mol. The van der Waals surface area contributed by atoms with Gasteiger partial charge in [-0.25, -0.2) is 0 Å². The molecule has 1 atom stereocenters. The van der Waals surface area contributed by atoms with Crippen LogP contribution < -0.4 is 4.90 Å². The summed E-state index contributed by atoms with van der Waals surface area (Å²) in [5, 5.41) is 8.87. The summed E-state index contributed by atoms with van der Waals surface area (Å²) in [6.07, 6.45) is 0.345. The van der Waals surface area contributed by atoms with Crippen LogP contribution in [0.4, 0.5) is 5.69 Å². The van der Waals surface area contributed by atoms with Crippen LogP contribution in [0, 0.1) is 17.2 Å². The van der Waals surface area contributed by atoms with Gasteiger partial charge in [-0.05, 0) is 23.1 Å². The van der Waals surface area contributed by atoms with Gasteiger partial charge in [0.2, 0.25) is 5.91 Å². The topological polar surface area (TPSA) is 44.1 Å². The molecule has 0 N–H and O–H groups in total. The van der Waals surface area contributed by atoms with Gasteiger partial charge in [0.15, 0.2) is 0 Å². The van der Waals surface area contributed by atoms with Gasteiger partial charge >= 0.3 is 0 Å². The summed E-state index contributed by atoms with van der Waals surface area (Å²) >= 11 is 0. The van der Waals surface area contributed by atoms with Crippen molar-refractivity contribution in [2.75, 3.05) is 11.4 Å². The van der Waals surface area contributed by atoms with Crippen LogP contribution in [-0.2, 0) is 10.2 Å². The van der Waals surface area contributed by atoms with Crippen LogP contribution in [0.2, 0.25) is 0 Å². The Morgan fingerprint density at radius 2 is 1.89 bits per heavy atom. The minimum Gasteiger partial charge on any atom is -0.311 e. The Balaban J connectivity index is 2.21. The molecule has 2 rings (SSSR count). The maximum atomic E-state index is 11.8. The van der Waals surface area contributed by atoms with Crippen LogP contribution in [0.15, 0.2) is 24.3 Å². The fourth-order valence-electron chi connectivity index (χ4n) is 2.18. The highest BCUT2D eigenvalue weighted by atomic mass is 16.2. The highest BCUT2D eigenvalue weighted by Crippen LogP contribution is 2.28. The van der Waals surface area contributed by atoms with E-state index >= 15 is 0 Å². The van der Waals surface area contributed by atoms with Crippen LogP contribution in [0.5, 0.6) is 0 Å².